The highest BCUT2D eigenvalue weighted by Gasteiger charge is 2.16. The molecule has 2 aromatic carbocycles. The van der Waals surface area contributed by atoms with Crippen molar-refractivity contribution in [2.75, 3.05) is 0 Å². The summed E-state index contributed by atoms with van der Waals surface area (Å²) in [5.41, 5.74) is 1.34. The summed E-state index contributed by atoms with van der Waals surface area (Å²) >= 11 is 5.93. The summed E-state index contributed by atoms with van der Waals surface area (Å²) in [6.07, 6.45) is 0. The summed E-state index contributed by atoms with van der Waals surface area (Å²) in [6, 6.07) is 16.0. The molecule has 0 amide bonds. The zero-order chi connectivity index (χ0) is 17.2. The summed E-state index contributed by atoms with van der Waals surface area (Å²) in [4.78, 5) is 12.2. The summed E-state index contributed by atoms with van der Waals surface area (Å²) in [5, 5.41) is 12.7. The van der Waals surface area contributed by atoms with Gasteiger partial charge in [-0.05, 0) is 46.8 Å². The minimum atomic E-state index is -0.602. The number of hydrogen-bond donors (Lipinski definition) is 0. The first kappa shape index (κ1) is 15.3. The van der Waals surface area contributed by atoms with Crippen LogP contribution in [0.2, 0.25) is 5.02 Å². The predicted octanol–water partition coefficient (Wildman–Crippen LogP) is 3.42. The molecule has 25 heavy (non-hydrogen) atoms. The van der Waals surface area contributed by atoms with Crippen molar-refractivity contribution in [3.63, 3.8) is 0 Å². The van der Waals surface area contributed by atoms with Gasteiger partial charge in [-0.3, -0.25) is 0 Å². The number of rotatable bonds is 4. The molecular formula is C17H11ClN4O3. The second-order valence-electron chi connectivity index (χ2n) is 5.21. The average molecular weight is 355 g/mol. The number of esters is 1. The van der Waals surface area contributed by atoms with Crippen LogP contribution in [-0.2, 0) is 11.3 Å². The Morgan fingerprint density at radius 2 is 2.00 bits per heavy atom. The Morgan fingerprint density at radius 3 is 2.84 bits per heavy atom. The molecule has 0 bridgehead atoms. The van der Waals surface area contributed by atoms with Crippen LogP contribution in [0, 0.1) is 0 Å². The lowest BCUT2D eigenvalue weighted by Gasteiger charge is -2.04. The van der Waals surface area contributed by atoms with E-state index < -0.39 is 5.97 Å². The van der Waals surface area contributed by atoms with Crippen molar-refractivity contribution in [1.82, 2.24) is 20.2 Å². The van der Waals surface area contributed by atoms with Crippen molar-refractivity contribution in [3.05, 3.63) is 71.2 Å². The number of hydrogen-bond acceptors (Lipinski definition) is 6. The van der Waals surface area contributed by atoms with E-state index in [1.807, 2.05) is 30.3 Å². The number of benzene rings is 2. The van der Waals surface area contributed by atoms with Crippen LogP contribution in [-0.4, -0.2) is 26.2 Å². The molecule has 0 saturated carbocycles. The van der Waals surface area contributed by atoms with Gasteiger partial charge in [0.15, 0.2) is 12.4 Å². The van der Waals surface area contributed by atoms with E-state index in [2.05, 4.69) is 15.5 Å². The van der Waals surface area contributed by atoms with Gasteiger partial charge in [0.25, 0.3) is 0 Å². The molecule has 2 aromatic heterocycles. The second-order valence-corrected chi connectivity index (χ2v) is 5.65. The molecule has 0 unspecified atom stereocenters. The van der Waals surface area contributed by atoms with Gasteiger partial charge >= 0.3 is 5.97 Å². The number of carbonyl (C=O) groups excluding carboxylic acids is 1. The molecule has 0 atom stereocenters. The largest absolute Gasteiger partial charge is 0.452 e. The van der Waals surface area contributed by atoms with E-state index in [-0.39, 0.29) is 12.4 Å². The molecule has 0 fully saturated rings. The van der Waals surface area contributed by atoms with Crippen molar-refractivity contribution in [3.8, 4) is 5.69 Å². The van der Waals surface area contributed by atoms with E-state index in [1.165, 1.54) is 4.68 Å². The van der Waals surface area contributed by atoms with Crippen LogP contribution in [0.25, 0.3) is 16.7 Å². The molecule has 0 N–H and O–H groups in total. The number of aromatic nitrogens is 4. The third-order valence-corrected chi connectivity index (χ3v) is 3.78. The van der Waals surface area contributed by atoms with Crippen molar-refractivity contribution < 1.29 is 13.9 Å². The van der Waals surface area contributed by atoms with E-state index >= 15 is 0 Å². The fraction of sp³-hybridized carbons (Fsp3) is 0.0588. The highest BCUT2D eigenvalue weighted by Crippen LogP contribution is 2.23. The summed E-state index contributed by atoms with van der Waals surface area (Å²) in [7, 11) is 0. The van der Waals surface area contributed by atoms with Crippen LogP contribution in [0.3, 0.4) is 0 Å². The maximum absolute atomic E-state index is 12.2. The van der Waals surface area contributed by atoms with Crippen molar-refractivity contribution in [2.24, 2.45) is 0 Å². The number of nitrogens with zero attached hydrogens (tertiary/aromatic N) is 4. The van der Waals surface area contributed by atoms with Gasteiger partial charge in [-0.15, -0.1) is 5.10 Å². The molecule has 2 heterocycles. The number of tetrazole rings is 1. The monoisotopic (exact) mass is 354 g/mol. The quantitative estimate of drug-likeness (QED) is 0.522. The van der Waals surface area contributed by atoms with E-state index in [1.54, 1.807) is 24.3 Å². The standard InChI is InChI=1S/C17H11ClN4O3/c18-12-6-7-14-11(8-12)9-15(25-14)17(23)24-10-16-19-20-21-22(16)13-4-2-1-3-5-13/h1-9H,10H2. The van der Waals surface area contributed by atoms with Crippen LogP contribution >= 0.6 is 11.6 Å². The zero-order valence-corrected chi connectivity index (χ0v) is 13.6. The molecule has 7 nitrogen and oxygen atoms in total. The van der Waals surface area contributed by atoms with E-state index in [0.717, 1.165) is 11.1 Å². The normalized spacial score (nSPS) is 10.9. The number of carbonyl (C=O) groups is 1. The lowest BCUT2D eigenvalue weighted by molar-refractivity contribution is 0.0425. The Balaban J connectivity index is 1.51. The van der Waals surface area contributed by atoms with Crippen molar-refractivity contribution in [1.29, 1.82) is 0 Å². The van der Waals surface area contributed by atoms with Gasteiger partial charge in [0.05, 0.1) is 5.69 Å². The van der Waals surface area contributed by atoms with Crippen LogP contribution in [0.4, 0.5) is 0 Å². The van der Waals surface area contributed by atoms with Crippen LogP contribution in [0.15, 0.2) is 59.0 Å². The molecule has 4 rings (SSSR count). The number of para-hydroxylation sites is 1. The minimum Gasteiger partial charge on any atom is -0.452 e. The molecule has 124 valence electrons. The third-order valence-electron chi connectivity index (χ3n) is 3.55. The van der Waals surface area contributed by atoms with Gasteiger partial charge in [0.2, 0.25) is 5.76 Å². The lowest BCUT2D eigenvalue weighted by atomic mass is 10.2. The molecule has 4 aromatic rings. The zero-order valence-electron chi connectivity index (χ0n) is 12.8. The van der Waals surface area contributed by atoms with Gasteiger partial charge in [0, 0.05) is 10.4 Å². The molecule has 0 aliphatic rings. The second kappa shape index (κ2) is 6.37. The fourth-order valence-electron chi connectivity index (χ4n) is 2.38. The van der Waals surface area contributed by atoms with Gasteiger partial charge in [-0.2, -0.15) is 4.68 Å². The fourth-order valence-corrected chi connectivity index (χ4v) is 2.56. The van der Waals surface area contributed by atoms with Crippen molar-refractivity contribution >= 4 is 28.5 Å². The maximum atomic E-state index is 12.2. The summed E-state index contributed by atoms with van der Waals surface area (Å²) in [5.74, 6) is -0.107. The summed E-state index contributed by atoms with van der Waals surface area (Å²) in [6.45, 7) is -0.0848. The Labute approximate surface area is 146 Å². The molecular weight excluding hydrogens is 344 g/mol. The van der Waals surface area contributed by atoms with Gasteiger partial charge < -0.3 is 9.15 Å². The lowest BCUT2D eigenvalue weighted by Crippen LogP contribution is -2.09. The van der Waals surface area contributed by atoms with Crippen molar-refractivity contribution in [2.45, 2.75) is 6.61 Å². The molecule has 0 spiro atoms. The predicted molar refractivity (Wildman–Crippen MR) is 89.5 cm³/mol. The Bertz CT molecular complexity index is 1040. The first-order valence-electron chi connectivity index (χ1n) is 7.39. The van der Waals surface area contributed by atoms with Crippen LogP contribution in [0.1, 0.15) is 16.4 Å². The Morgan fingerprint density at radius 1 is 1.16 bits per heavy atom. The minimum absolute atomic E-state index is 0.0848. The molecule has 0 radical (unpaired) electrons. The Kier molecular flexibility index (Phi) is 3.91. The summed E-state index contributed by atoms with van der Waals surface area (Å²) < 4.78 is 12.2. The molecule has 0 saturated heterocycles. The highest BCUT2D eigenvalue weighted by atomic mass is 35.5. The maximum Gasteiger partial charge on any atom is 0.374 e. The highest BCUT2D eigenvalue weighted by molar-refractivity contribution is 6.31. The van der Waals surface area contributed by atoms with Gasteiger partial charge in [-0.1, -0.05) is 29.8 Å². The number of fused-ring (bicyclic) bond motifs is 1. The van der Waals surface area contributed by atoms with Gasteiger partial charge in [0.1, 0.15) is 5.58 Å². The van der Waals surface area contributed by atoms with E-state index in [0.29, 0.717) is 16.4 Å². The van der Waals surface area contributed by atoms with Crippen LogP contribution in [0.5, 0.6) is 0 Å². The third kappa shape index (κ3) is 3.09. The number of ether oxygens (including phenoxy) is 1. The average Bonchev–Trinajstić information content (AvgIpc) is 3.26. The smallest absolute Gasteiger partial charge is 0.374 e. The topological polar surface area (TPSA) is 83.0 Å². The van der Waals surface area contributed by atoms with E-state index in [9.17, 15) is 4.79 Å². The Hall–Kier alpha value is -3.19. The first-order chi connectivity index (χ1) is 12.2. The molecule has 8 heteroatoms. The van der Waals surface area contributed by atoms with Gasteiger partial charge in [-0.25, -0.2) is 4.79 Å². The first-order valence-corrected chi connectivity index (χ1v) is 7.77. The van der Waals surface area contributed by atoms with E-state index in [4.69, 9.17) is 20.8 Å². The number of halogens is 1. The SMILES string of the molecule is O=C(OCc1nnnn1-c1ccccc1)c1cc2cc(Cl)ccc2o1. The van der Waals surface area contributed by atoms with Crippen LogP contribution < -0.4 is 0 Å². The number of furan rings is 1. The molecule has 0 aliphatic carbocycles. The molecule has 0 aliphatic heterocycles.